The smallest absolute Gasteiger partial charge is 0.357 e. The van der Waals surface area contributed by atoms with E-state index in [-0.39, 0.29) is 5.97 Å². The van der Waals surface area contributed by atoms with Gasteiger partial charge in [0.1, 0.15) is 0 Å². The quantitative estimate of drug-likeness (QED) is 0.767. The average Bonchev–Trinajstić information content (AvgIpc) is 2.40. The van der Waals surface area contributed by atoms with Crippen molar-refractivity contribution in [1.82, 2.24) is 9.97 Å². The van der Waals surface area contributed by atoms with E-state index in [0.29, 0.717) is 24.3 Å². The maximum atomic E-state index is 11.6. The second kappa shape index (κ2) is 5.80. The van der Waals surface area contributed by atoms with Crippen LogP contribution in [0.15, 0.2) is 12.3 Å². The fourth-order valence-electron chi connectivity index (χ4n) is 2.20. The van der Waals surface area contributed by atoms with Crippen LogP contribution in [0.3, 0.4) is 0 Å². The fraction of sp³-hybridized carbons (Fsp3) is 0.615. The Morgan fingerprint density at radius 2 is 2.39 bits per heavy atom. The highest BCUT2D eigenvalue weighted by atomic mass is 16.5. The predicted octanol–water partition coefficient (Wildman–Crippen LogP) is 2.03. The van der Waals surface area contributed by atoms with Crippen LogP contribution in [-0.4, -0.2) is 35.1 Å². The first-order valence-corrected chi connectivity index (χ1v) is 6.49. The van der Waals surface area contributed by atoms with Gasteiger partial charge in [-0.15, -0.1) is 0 Å². The van der Waals surface area contributed by atoms with E-state index >= 15 is 0 Å². The minimum atomic E-state index is -0.384. The maximum absolute atomic E-state index is 11.6. The fourth-order valence-corrected chi connectivity index (χ4v) is 2.20. The SMILES string of the molecule is CCOC(=O)c1ccnc(N2CCCCC2C)n1. The van der Waals surface area contributed by atoms with Gasteiger partial charge in [-0.25, -0.2) is 14.8 Å². The van der Waals surface area contributed by atoms with E-state index in [2.05, 4.69) is 21.8 Å². The van der Waals surface area contributed by atoms with Crippen molar-refractivity contribution >= 4 is 11.9 Å². The van der Waals surface area contributed by atoms with Gasteiger partial charge < -0.3 is 9.64 Å². The summed E-state index contributed by atoms with van der Waals surface area (Å²) in [6.45, 7) is 5.26. The molecule has 0 N–H and O–H groups in total. The van der Waals surface area contributed by atoms with E-state index in [1.807, 2.05) is 0 Å². The van der Waals surface area contributed by atoms with Gasteiger partial charge >= 0.3 is 5.97 Å². The Bertz CT molecular complexity index is 422. The second-order valence-corrected chi connectivity index (χ2v) is 4.50. The molecule has 1 aromatic heterocycles. The molecule has 1 aliphatic rings. The van der Waals surface area contributed by atoms with Crippen LogP contribution >= 0.6 is 0 Å². The van der Waals surface area contributed by atoms with Gasteiger partial charge in [0.2, 0.25) is 5.95 Å². The van der Waals surface area contributed by atoms with Crippen molar-refractivity contribution in [2.75, 3.05) is 18.1 Å². The van der Waals surface area contributed by atoms with Gasteiger partial charge in [0.05, 0.1) is 6.61 Å². The highest BCUT2D eigenvalue weighted by Crippen LogP contribution is 2.21. The van der Waals surface area contributed by atoms with Crippen molar-refractivity contribution in [3.63, 3.8) is 0 Å². The third kappa shape index (κ3) is 2.78. The number of hydrogen-bond donors (Lipinski definition) is 0. The summed E-state index contributed by atoms with van der Waals surface area (Å²) in [6.07, 6.45) is 5.16. The van der Waals surface area contributed by atoms with Gasteiger partial charge in [-0.2, -0.15) is 0 Å². The molecule has 98 valence electrons. The number of carbonyl (C=O) groups is 1. The molecule has 5 heteroatoms. The van der Waals surface area contributed by atoms with E-state index in [4.69, 9.17) is 4.74 Å². The summed E-state index contributed by atoms with van der Waals surface area (Å²) in [7, 11) is 0. The molecule has 1 aliphatic heterocycles. The van der Waals surface area contributed by atoms with Gasteiger partial charge in [0, 0.05) is 18.8 Å². The molecule has 2 rings (SSSR count). The summed E-state index contributed by atoms with van der Waals surface area (Å²) in [4.78, 5) is 22.4. The standard InChI is InChI=1S/C13H19N3O2/c1-3-18-12(17)11-7-8-14-13(15-11)16-9-5-4-6-10(16)2/h7-8,10H,3-6,9H2,1-2H3. The van der Waals surface area contributed by atoms with E-state index < -0.39 is 0 Å². The summed E-state index contributed by atoms with van der Waals surface area (Å²) in [6, 6.07) is 2.02. The zero-order chi connectivity index (χ0) is 13.0. The van der Waals surface area contributed by atoms with Crippen molar-refractivity contribution in [2.24, 2.45) is 0 Å². The van der Waals surface area contributed by atoms with Crippen molar-refractivity contribution in [2.45, 2.75) is 39.2 Å². The molecule has 1 aromatic rings. The highest BCUT2D eigenvalue weighted by Gasteiger charge is 2.21. The Morgan fingerprint density at radius 1 is 1.56 bits per heavy atom. The van der Waals surface area contributed by atoms with Crippen LogP contribution in [0.1, 0.15) is 43.6 Å². The van der Waals surface area contributed by atoms with Gasteiger partial charge in [-0.05, 0) is 39.2 Å². The molecule has 0 aromatic carbocycles. The minimum Gasteiger partial charge on any atom is -0.461 e. The van der Waals surface area contributed by atoms with E-state index in [9.17, 15) is 4.79 Å². The number of rotatable bonds is 3. The summed E-state index contributed by atoms with van der Waals surface area (Å²) in [5, 5.41) is 0. The minimum absolute atomic E-state index is 0.333. The Balaban J connectivity index is 2.18. The summed E-state index contributed by atoms with van der Waals surface area (Å²) in [5.74, 6) is 0.249. The zero-order valence-corrected chi connectivity index (χ0v) is 10.9. The van der Waals surface area contributed by atoms with Gasteiger partial charge in [-0.3, -0.25) is 0 Å². The zero-order valence-electron chi connectivity index (χ0n) is 10.9. The summed E-state index contributed by atoms with van der Waals surface area (Å²) < 4.78 is 4.95. The lowest BCUT2D eigenvalue weighted by atomic mass is 10.0. The second-order valence-electron chi connectivity index (χ2n) is 4.50. The molecular weight excluding hydrogens is 230 g/mol. The van der Waals surface area contributed by atoms with Crippen LogP contribution in [0, 0.1) is 0 Å². The molecule has 0 saturated carbocycles. The summed E-state index contributed by atoms with van der Waals surface area (Å²) in [5.41, 5.74) is 0.333. The molecule has 0 radical (unpaired) electrons. The molecule has 0 spiro atoms. The molecule has 1 atom stereocenters. The van der Waals surface area contributed by atoms with Crippen LogP contribution in [-0.2, 0) is 4.74 Å². The Morgan fingerprint density at radius 3 is 3.11 bits per heavy atom. The van der Waals surface area contributed by atoms with Crippen molar-refractivity contribution in [3.05, 3.63) is 18.0 Å². The predicted molar refractivity (Wildman–Crippen MR) is 68.6 cm³/mol. The number of aromatic nitrogens is 2. The van der Waals surface area contributed by atoms with Gasteiger partial charge in [0.15, 0.2) is 5.69 Å². The first-order valence-electron chi connectivity index (χ1n) is 6.49. The highest BCUT2D eigenvalue weighted by molar-refractivity contribution is 5.87. The third-order valence-corrected chi connectivity index (χ3v) is 3.19. The van der Waals surface area contributed by atoms with Crippen molar-refractivity contribution < 1.29 is 9.53 Å². The van der Waals surface area contributed by atoms with Crippen LogP contribution in [0.25, 0.3) is 0 Å². The van der Waals surface area contributed by atoms with Crippen LogP contribution < -0.4 is 4.90 Å². The number of carbonyl (C=O) groups excluding carboxylic acids is 1. The normalized spacial score (nSPS) is 19.7. The van der Waals surface area contributed by atoms with Crippen LogP contribution in [0.5, 0.6) is 0 Å². The molecule has 1 fully saturated rings. The lowest BCUT2D eigenvalue weighted by Gasteiger charge is -2.33. The Kier molecular flexibility index (Phi) is 4.12. The molecule has 1 saturated heterocycles. The lowest BCUT2D eigenvalue weighted by Crippen LogP contribution is -2.38. The van der Waals surface area contributed by atoms with Gasteiger partial charge in [-0.1, -0.05) is 0 Å². The molecule has 1 unspecified atom stereocenters. The van der Waals surface area contributed by atoms with E-state index in [1.165, 1.54) is 6.42 Å². The van der Waals surface area contributed by atoms with Gasteiger partial charge in [0.25, 0.3) is 0 Å². The molecule has 18 heavy (non-hydrogen) atoms. The number of hydrogen-bond acceptors (Lipinski definition) is 5. The summed E-state index contributed by atoms with van der Waals surface area (Å²) >= 11 is 0. The van der Waals surface area contributed by atoms with Crippen LogP contribution in [0.2, 0.25) is 0 Å². The molecular formula is C13H19N3O2. The number of piperidine rings is 1. The van der Waals surface area contributed by atoms with E-state index in [1.54, 1.807) is 19.2 Å². The number of esters is 1. The Labute approximate surface area is 107 Å². The average molecular weight is 249 g/mol. The molecule has 2 heterocycles. The van der Waals surface area contributed by atoms with E-state index in [0.717, 1.165) is 19.4 Å². The molecule has 5 nitrogen and oxygen atoms in total. The van der Waals surface area contributed by atoms with Crippen molar-refractivity contribution in [3.8, 4) is 0 Å². The van der Waals surface area contributed by atoms with Crippen molar-refractivity contribution in [1.29, 1.82) is 0 Å². The third-order valence-electron chi connectivity index (χ3n) is 3.19. The maximum Gasteiger partial charge on any atom is 0.357 e. The molecule has 0 aliphatic carbocycles. The first-order chi connectivity index (χ1) is 8.72. The first kappa shape index (κ1) is 12.8. The monoisotopic (exact) mass is 249 g/mol. The van der Waals surface area contributed by atoms with Crippen LogP contribution in [0.4, 0.5) is 5.95 Å². The molecule has 0 bridgehead atoms. The number of nitrogens with zero attached hydrogens (tertiary/aromatic N) is 3. The lowest BCUT2D eigenvalue weighted by molar-refractivity contribution is 0.0519. The largest absolute Gasteiger partial charge is 0.461 e. The Hall–Kier alpha value is -1.65. The number of anilines is 1. The molecule has 0 amide bonds. The number of ether oxygens (including phenoxy) is 1. The topological polar surface area (TPSA) is 55.3 Å².